The molecular formula is C11H22N2Si. The topological polar surface area (TPSA) is 15.6 Å². The van der Waals surface area contributed by atoms with Crippen LogP contribution in [0.4, 0.5) is 0 Å². The molecule has 0 bridgehead atoms. The number of unbranched alkanes of at least 4 members (excludes halogenated alkanes) is 2. The van der Waals surface area contributed by atoms with Crippen LogP contribution >= 0.6 is 0 Å². The van der Waals surface area contributed by atoms with Gasteiger partial charge in [0.25, 0.3) is 0 Å². The van der Waals surface area contributed by atoms with Crippen LogP contribution in [0.1, 0.15) is 19.3 Å². The van der Waals surface area contributed by atoms with E-state index in [4.69, 9.17) is 0 Å². The number of hydrogen-bond donors (Lipinski definition) is 0. The summed E-state index contributed by atoms with van der Waals surface area (Å²) in [4.78, 5) is 0. The number of hydrazone groups is 1. The first-order valence-corrected chi connectivity index (χ1v) is 8.61. The van der Waals surface area contributed by atoms with Gasteiger partial charge in [-0.05, 0) is 12.8 Å². The largest absolute Gasteiger partial charge is 0.303 e. The van der Waals surface area contributed by atoms with Gasteiger partial charge in [-0.25, -0.2) is 0 Å². The van der Waals surface area contributed by atoms with Crippen molar-refractivity contribution < 1.29 is 0 Å². The van der Waals surface area contributed by atoms with Crippen LogP contribution < -0.4 is 0 Å². The van der Waals surface area contributed by atoms with E-state index in [1.165, 1.54) is 0 Å². The molecule has 14 heavy (non-hydrogen) atoms. The molecule has 0 amide bonds. The Balaban J connectivity index is 3.51. The van der Waals surface area contributed by atoms with Crippen molar-refractivity contribution in [2.45, 2.75) is 38.9 Å². The van der Waals surface area contributed by atoms with E-state index in [1.54, 1.807) is 0 Å². The lowest BCUT2D eigenvalue weighted by atomic mass is 10.2. The summed E-state index contributed by atoms with van der Waals surface area (Å²) in [5.41, 5.74) is 3.36. The Kier molecular flexibility index (Phi) is 6.31. The van der Waals surface area contributed by atoms with Gasteiger partial charge in [-0.2, -0.15) is 5.10 Å². The maximum atomic E-state index is 4.14. The predicted molar refractivity (Wildman–Crippen MR) is 67.2 cm³/mol. The summed E-state index contributed by atoms with van der Waals surface area (Å²) < 4.78 is 0. The molecule has 0 fully saturated rings. The van der Waals surface area contributed by atoms with Crippen LogP contribution in [0, 0.1) is 11.5 Å². The Morgan fingerprint density at radius 1 is 1.29 bits per heavy atom. The highest BCUT2D eigenvalue weighted by atomic mass is 28.3. The molecule has 0 aromatic rings. The molecule has 0 aliphatic heterocycles. The van der Waals surface area contributed by atoms with Crippen LogP contribution in [0.3, 0.4) is 0 Å². The molecule has 3 heteroatoms. The van der Waals surface area contributed by atoms with Gasteiger partial charge < -0.3 is 5.01 Å². The molecule has 0 spiro atoms. The molecule has 0 N–H and O–H groups in total. The third-order valence-electron chi connectivity index (χ3n) is 1.41. The van der Waals surface area contributed by atoms with Gasteiger partial charge in [0.2, 0.25) is 0 Å². The van der Waals surface area contributed by atoms with E-state index in [9.17, 15) is 0 Å². The summed E-state index contributed by atoms with van der Waals surface area (Å²) in [6.07, 6.45) is 5.10. The van der Waals surface area contributed by atoms with E-state index in [2.05, 4.69) is 36.2 Å². The predicted octanol–water partition coefficient (Wildman–Crippen LogP) is 2.58. The van der Waals surface area contributed by atoms with Gasteiger partial charge in [0.15, 0.2) is 0 Å². The number of nitrogens with zero attached hydrogens (tertiary/aromatic N) is 2. The van der Waals surface area contributed by atoms with E-state index in [1.807, 2.05) is 25.3 Å². The normalized spacial score (nSPS) is 11.2. The smallest absolute Gasteiger partial charge is 0.129 e. The van der Waals surface area contributed by atoms with Crippen molar-refractivity contribution >= 4 is 14.3 Å². The third-order valence-corrected chi connectivity index (χ3v) is 2.34. The molecule has 0 rings (SSSR count). The van der Waals surface area contributed by atoms with Crippen LogP contribution in [0.2, 0.25) is 19.6 Å². The average Bonchev–Trinajstić information content (AvgIpc) is 2.00. The molecule has 2 nitrogen and oxygen atoms in total. The van der Waals surface area contributed by atoms with Gasteiger partial charge in [0, 0.05) is 26.7 Å². The van der Waals surface area contributed by atoms with Crippen LogP contribution in [-0.4, -0.2) is 33.4 Å². The van der Waals surface area contributed by atoms with Crippen LogP contribution in [0.15, 0.2) is 5.10 Å². The average molecular weight is 210 g/mol. The number of hydrogen-bond acceptors (Lipinski definition) is 2. The molecule has 80 valence electrons. The summed E-state index contributed by atoms with van der Waals surface area (Å²) in [6, 6.07) is 0. The minimum atomic E-state index is -1.15. The summed E-state index contributed by atoms with van der Waals surface area (Å²) >= 11 is 0. The Morgan fingerprint density at radius 3 is 2.43 bits per heavy atom. The lowest BCUT2D eigenvalue weighted by molar-refractivity contribution is 0.439. The zero-order valence-electron chi connectivity index (χ0n) is 10.1. The van der Waals surface area contributed by atoms with Crippen molar-refractivity contribution in [2.75, 3.05) is 14.1 Å². The third kappa shape index (κ3) is 11.2. The highest BCUT2D eigenvalue weighted by Gasteiger charge is 2.06. The molecule has 0 heterocycles. The van der Waals surface area contributed by atoms with Crippen LogP contribution in [0.5, 0.6) is 0 Å². The van der Waals surface area contributed by atoms with E-state index in [0.29, 0.717) is 0 Å². The molecule has 0 radical (unpaired) electrons. The lowest BCUT2D eigenvalue weighted by Gasteiger charge is -2.03. The quantitative estimate of drug-likeness (QED) is 0.229. The summed E-state index contributed by atoms with van der Waals surface area (Å²) in [7, 11) is 2.72. The van der Waals surface area contributed by atoms with E-state index in [0.717, 1.165) is 19.3 Å². The van der Waals surface area contributed by atoms with Crippen LogP contribution in [0.25, 0.3) is 0 Å². The molecule has 0 aromatic heterocycles. The maximum absolute atomic E-state index is 4.14. The molecular weight excluding hydrogens is 188 g/mol. The molecule has 0 aliphatic rings. The molecule has 0 aliphatic carbocycles. The Bertz CT molecular complexity index is 228. The highest BCUT2D eigenvalue weighted by molar-refractivity contribution is 6.83. The second-order valence-corrected chi connectivity index (χ2v) is 9.34. The van der Waals surface area contributed by atoms with Gasteiger partial charge in [0.05, 0.1) is 0 Å². The van der Waals surface area contributed by atoms with Crippen molar-refractivity contribution in [3.8, 4) is 11.5 Å². The maximum Gasteiger partial charge on any atom is 0.129 e. The Hall–Kier alpha value is -0.753. The standard InChI is InChI=1S/C11H22N2Si/c1-13(2)12-10-8-6-7-9-11-14(3,4)5/h10H,6-8H2,1-5H3/b12-10+. The highest BCUT2D eigenvalue weighted by Crippen LogP contribution is 1.98. The van der Waals surface area contributed by atoms with Gasteiger partial charge >= 0.3 is 0 Å². The molecule has 0 unspecified atom stereocenters. The van der Waals surface area contributed by atoms with Crippen LogP contribution in [-0.2, 0) is 0 Å². The van der Waals surface area contributed by atoms with E-state index in [-0.39, 0.29) is 0 Å². The number of rotatable bonds is 4. The van der Waals surface area contributed by atoms with Gasteiger partial charge in [0.1, 0.15) is 8.07 Å². The SMILES string of the molecule is CN(C)/N=C/CCCC#C[Si](C)(C)C. The van der Waals surface area contributed by atoms with Crippen molar-refractivity contribution in [1.82, 2.24) is 5.01 Å². The van der Waals surface area contributed by atoms with E-state index < -0.39 is 8.07 Å². The van der Waals surface area contributed by atoms with Gasteiger partial charge in [-0.15, -0.1) is 11.5 Å². The Labute approximate surface area is 89.4 Å². The molecule has 0 saturated carbocycles. The Morgan fingerprint density at radius 2 is 1.93 bits per heavy atom. The summed E-state index contributed by atoms with van der Waals surface area (Å²) in [5.74, 6) is 3.25. The first-order valence-electron chi connectivity index (χ1n) is 5.11. The summed E-state index contributed by atoms with van der Waals surface area (Å²) in [5, 5.41) is 5.95. The fraction of sp³-hybridized carbons (Fsp3) is 0.727. The van der Waals surface area contributed by atoms with E-state index >= 15 is 0 Å². The molecule has 0 atom stereocenters. The van der Waals surface area contributed by atoms with Gasteiger partial charge in [-0.3, -0.25) is 0 Å². The minimum Gasteiger partial charge on any atom is -0.303 e. The van der Waals surface area contributed by atoms with Gasteiger partial charge in [-0.1, -0.05) is 19.6 Å². The fourth-order valence-corrected chi connectivity index (χ4v) is 1.49. The monoisotopic (exact) mass is 210 g/mol. The van der Waals surface area contributed by atoms with Crippen molar-refractivity contribution in [1.29, 1.82) is 0 Å². The fourth-order valence-electron chi connectivity index (χ4n) is 0.830. The van der Waals surface area contributed by atoms with Crippen molar-refractivity contribution in [3.05, 3.63) is 0 Å². The zero-order chi connectivity index (χ0) is 11.0. The lowest BCUT2D eigenvalue weighted by Crippen LogP contribution is -2.16. The van der Waals surface area contributed by atoms with Crippen molar-refractivity contribution in [3.63, 3.8) is 0 Å². The molecule has 0 aromatic carbocycles. The van der Waals surface area contributed by atoms with Crippen molar-refractivity contribution in [2.24, 2.45) is 5.10 Å². The zero-order valence-corrected chi connectivity index (χ0v) is 11.1. The first kappa shape index (κ1) is 13.2. The minimum absolute atomic E-state index is 1.00. The summed E-state index contributed by atoms with van der Waals surface area (Å²) in [6.45, 7) is 6.81. The second-order valence-electron chi connectivity index (χ2n) is 4.59. The first-order chi connectivity index (χ1) is 6.42. The second kappa shape index (κ2) is 6.66. The molecule has 0 saturated heterocycles.